The number of rotatable bonds is 3. The highest BCUT2D eigenvalue weighted by Crippen LogP contribution is 2.37. The SMILES string of the molecule is C=C(N)N=C(/C(C#Cc1ccc(N)nc1)=C(/C)N)c1cccc(C(F)(F)F)c1Cl. The number of alkyl halides is 3. The molecular formula is C20H17ClF3N5. The first-order valence-electron chi connectivity index (χ1n) is 8.10. The Balaban J connectivity index is 2.68. The van der Waals surface area contributed by atoms with Gasteiger partial charge in [0.1, 0.15) is 11.6 Å². The molecule has 0 bridgehead atoms. The number of anilines is 1. The van der Waals surface area contributed by atoms with Gasteiger partial charge in [0.15, 0.2) is 0 Å². The van der Waals surface area contributed by atoms with Crippen molar-refractivity contribution in [1.29, 1.82) is 0 Å². The minimum Gasteiger partial charge on any atom is -0.401 e. The Morgan fingerprint density at radius 1 is 1.21 bits per heavy atom. The Kier molecular flexibility index (Phi) is 6.56. The van der Waals surface area contributed by atoms with Crippen LogP contribution in [0.1, 0.15) is 23.6 Å². The van der Waals surface area contributed by atoms with Crippen LogP contribution in [0.15, 0.2) is 65.2 Å². The minimum absolute atomic E-state index is 0.0236. The van der Waals surface area contributed by atoms with Gasteiger partial charge in [0.05, 0.1) is 21.9 Å². The van der Waals surface area contributed by atoms with Gasteiger partial charge in [-0.25, -0.2) is 9.98 Å². The van der Waals surface area contributed by atoms with Gasteiger partial charge in [-0.05, 0) is 25.1 Å². The molecule has 9 heteroatoms. The molecule has 0 radical (unpaired) electrons. The second-order valence-electron chi connectivity index (χ2n) is 5.90. The van der Waals surface area contributed by atoms with E-state index in [1.165, 1.54) is 25.3 Å². The Bertz CT molecular complexity index is 1050. The first kappa shape index (κ1) is 21.9. The molecule has 0 unspecified atom stereocenters. The number of hydrogen-bond acceptors (Lipinski definition) is 5. The molecule has 29 heavy (non-hydrogen) atoms. The fourth-order valence-corrected chi connectivity index (χ4v) is 2.61. The number of aromatic nitrogens is 1. The molecule has 0 spiro atoms. The number of pyridine rings is 1. The van der Waals surface area contributed by atoms with Crippen LogP contribution in [0.5, 0.6) is 0 Å². The summed E-state index contributed by atoms with van der Waals surface area (Å²) in [5, 5.41) is -0.547. The summed E-state index contributed by atoms with van der Waals surface area (Å²) < 4.78 is 39.8. The van der Waals surface area contributed by atoms with Crippen molar-refractivity contribution in [3.8, 4) is 11.8 Å². The van der Waals surface area contributed by atoms with Crippen LogP contribution >= 0.6 is 11.6 Å². The van der Waals surface area contributed by atoms with E-state index in [-0.39, 0.29) is 28.4 Å². The number of allylic oxidation sites excluding steroid dienone is 2. The molecule has 1 heterocycles. The Morgan fingerprint density at radius 2 is 1.90 bits per heavy atom. The monoisotopic (exact) mass is 419 g/mol. The maximum Gasteiger partial charge on any atom is 0.417 e. The fraction of sp³-hybridized carbons (Fsp3) is 0.100. The highest BCUT2D eigenvalue weighted by molar-refractivity contribution is 6.36. The van der Waals surface area contributed by atoms with E-state index >= 15 is 0 Å². The van der Waals surface area contributed by atoms with E-state index in [0.29, 0.717) is 11.4 Å². The van der Waals surface area contributed by atoms with E-state index in [1.807, 2.05) is 0 Å². The summed E-state index contributed by atoms with van der Waals surface area (Å²) in [6, 6.07) is 6.64. The van der Waals surface area contributed by atoms with Crippen LogP contribution in [0, 0.1) is 11.8 Å². The molecule has 0 aliphatic rings. The van der Waals surface area contributed by atoms with Gasteiger partial charge in [-0.1, -0.05) is 42.2 Å². The molecule has 0 amide bonds. The molecule has 0 saturated carbocycles. The molecule has 0 aliphatic carbocycles. The smallest absolute Gasteiger partial charge is 0.401 e. The van der Waals surface area contributed by atoms with Crippen LogP contribution in [-0.2, 0) is 6.18 Å². The number of nitrogens with zero attached hydrogens (tertiary/aromatic N) is 2. The first-order chi connectivity index (χ1) is 13.5. The third-order valence-electron chi connectivity index (χ3n) is 3.56. The van der Waals surface area contributed by atoms with Gasteiger partial charge >= 0.3 is 6.18 Å². The molecular weight excluding hydrogens is 403 g/mol. The molecule has 0 saturated heterocycles. The third-order valence-corrected chi connectivity index (χ3v) is 3.97. The molecule has 1 aromatic heterocycles. The van der Waals surface area contributed by atoms with Crippen molar-refractivity contribution in [2.75, 3.05) is 5.73 Å². The maximum absolute atomic E-state index is 13.3. The molecule has 6 N–H and O–H groups in total. The molecule has 1 aromatic carbocycles. The summed E-state index contributed by atoms with van der Waals surface area (Å²) in [6.07, 6.45) is -3.21. The average molecular weight is 420 g/mol. The van der Waals surface area contributed by atoms with Gasteiger partial charge in [-0.15, -0.1) is 0 Å². The van der Waals surface area contributed by atoms with Gasteiger partial charge < -0.3 is 17.2 Å². The van der Waals surface area contributed by atoms with Gasteiger partial charge in [0.25, 0.3) is 0 Å². The number of nitrogens with two attached hydrogens (primary N) is 3. The molecule has 2 aromatic rings. The second-order valence-corrected chi connectivity index (χ2v) is 6.27. The van der Waals surface area contributed by atoms with E-state index in [4.69, 9.17) is 28.8 Å². The highest BCUT2D eigenvalue weighted by Gasteiger charge is 2.34. The van der Waals surface area contributed by atoms with Crippen molar-refractivity contribution in [2.24, 2.45) is 16.5 Å². The van der Waals surface area contributed by atoms with Gasteiger partial charge in [0.2, 0.25) is 0 Å². The number of benzene rings is 1. The van der Waals surface area contributed by atoms with Crippen LogP contribution in [0.3, 0.4) is 0 Å². The van der Waals surface area contributed by atoms with E-state index in [1.54, 1.807) is 12.1 Å². The van der Waals surface area contributed by atoms with Crippen molar-refractivity contribution in [1.82, 2.24) is 4.98 Å². The zero-order valence-electron chi connectivity index (χ0n) is 15.3. The summed E-state index contributed by atoms with van der Waals surface area (Å²) in [5.41, 5.74) is 16.9. The van der Waals surface area contributed by atoms with Crippen LogP contribution in [-0.4, -0.2) is 10.7 Å². The molecule has 5 nitrogen and oxygen atoms in total. The summed E-state index contributed by atoms with van der Waals surface area (Å²) in [5.74, 6) is 5.79. The maximum atomic E-state index is 13.3. The molecule has 150 valence electrons. The van der Waals surface area contributed by atoms with Gasteiger partial charge in [-0.2, -0.15) is 13.2 Å². The van der Waals surface area contributed by atoms with Crippen molar-refractivity contribution in [3.63, 3.8) is 0 Å². The highest BCUT2D eigenvalue weighted by atomic mass is 35.5. The van der Waals surface area contributed by atoms with Crippen molar-refractivity contribution in [2.45, 2.75) is 13.1 Å². The zero-order chi connectivity index (χ0) is 21.8. The lowest BCUT2D eigenvalue weighted by molar-refractivity contribution is -0.137. The number of halogens is 4. The predicted molar refractivity (Wildman–Crippen MR) is 109 cm³/mol. The van der Waals surface area contributed by atoms with Crippen LogP contribution in [0.4, 0.5) is 19.0 Å². The van der Waals surface area contributed by atoms with Crippen molar-refractivity contribution >= 4 is 23.1 Å². The van der Waals surface area contributed by atoms with Crippen LogP contribution in [0.2, 0.25) is 5.02 Å². The van der Waals surface area contributed by atoms with E-state index in [0.717, 1.165) is 6.07 Å². The average Bonchev–Trinajstić information content (AvgIpc) is 2.61. The Morgan fingerprint density at radius 3 is 2.41 bits per heavy atom. The second kappa shape index (κ2) is 8.71. The largest absolute Gasteiger partial charge is 0.417 e. The molecule has 0 aliphatic heterocycles. The number of hydrogen-bond donors (Lipinski definition) is 3. The van der Waals surface area contributed by atoms with Gasteiger partial charge in [-0.3, -0.25) is 0 Å². The summed E-state index contributed by atoms with van der Waals surface area (Å²) in [6.45, 7) is 5.01. The zero-order valence-corrected chi connectivity index (χ0v) is 16.1. The van der Waals surface area contributed by atoms with E-state index in [9.17, 15) is 13.2 Å². The lowest BCUT2D eigenvalue weighted by atomic mass is 9.98. The molecule has 0 atom stereocenters. The van der Waals surface area contributed by atoms with Gasteiger partial charge in [0, 0.05) is 23.0 Å². The topological polar surface area (TPSA) is 103 Å². The summed E-state index contributed by atoms with van der Waals surface area (Å²) in [7, 11) is 0. The van der Waals surface area contributed by atoms with E-state index in [2.05, 4.69) is 28.4 Å². The van der Waals surface area contributed by atoms with Crippen molar-refractivity contribution < 1.29 is 13.2 Å². The Hall–Kier alpha value is -3.44. The summed E-state index contributed by atoms with van der Waals surface area (Å²) in [4.78, 5) is 7.97. The molecule has 0 fully saturated rings. The van der Waals surface area contributed by atoms with Crippen LogP contribution < -0.4 is 17.2 Å². The lowest BCUT2D eigenvalue weighted by Crippen LogP contribution is -2.15. The first-order valence-corrected chi connectivity index (χ1v) is 8.48. The quantitative estimate of drug-likeness (QED) is 0.519. The Labute approximate surface area is 170 Å². The molecule has 2 rings (SSSR count). The summed E-state index contributed by atoms with van der Waals surface area (Å²) >= 11 is 6.05. The predicted octanol–water partition coefficient (Wildman–Crippen LogP) is 3.84. The third kappa shape index (κ3) is 5.53. The number of nitrogen functional groups attached to an aromatic ring is 1. The van der Waals surface area contributed by atoms with Crippen LogP contribution in [0.25, 0.3) is 0 Å². The lowest BCUT2D eigenvalue weighted by Gasteiger charge is -2.15. The standard InChI is InChI=1S/C20H17ClF3N5/c1-11(25)14(8-6-13-7-9-17(27)28-10-13)19(29-12(2)26)15-4-3-5-16(18(15)21)20(22,23)24/h3-5,7,9-10H,2,25-26H2,1H3,(H2,27,28)/b14-11-,29-19?. The van der Waals surface area contributed by atoms with Crippen molar-refractivity contribution in [3.05, 3.63) is 81.9 Å². The van der Waals surface area contributed by atoms with E-state index < -0.39 is 16.8 Å². The minimum atomic E-state index is -4.65. The number of aliphatic imine (C=N–C) groups is 1. The fourth-order valence-electron chi connectivity index (χ4n) is 2.29. The normalized spacial score (nSPS) is 12.7.